The van der Waals surface area contributed by atoms with E-state index in [1.165, 1.54) is 205 Å². The number of rotatable bonds is 75. The summed E-state index contributed by atoms with van der Waals surface area (Å²) < 4.78 is 68.3. The van der Waals surface area contributed by atoms with Crippen LogP contribution in [0.3, 0.4) is 0 Å². The normalized spacial score (nSPS) is 14.3. The number of carbonyl (C=O) groups is 4. The van der Waals surface area contributed by atoms with Crippen LogP contribution < -0.4 is 0 Å². The van der Waals surface area contributed by atoms with E-state index < -0.39 is 97.5 Å². The molecule has 0 aromatic heterocycles. The molecule has 0 spiro atoms. The van der Waals surface area contributed by atoms with Crippen LogP contribution in [0.15, 0.2) is 0 Å². The Labute approximate surface area is 581 Å². The second-order valence-corrected chi connectivity index (χ2v) is 31.0. The summed E-state index contributed by atoms with van der Waals surface area (Å²) in [4.78, 5) is 72.5. The fourth-order valence-electron chi connectivity index (χ4n) is 11.6. The second-order valence-electron chi connectivity index (χ2n) is 28.1. The number of unbranched alkanes of at least 4 members (excludes halogenated alkanes) is 44. The van der Waals surface area contributed by atoms with Crippen molar-refractivity contribution in [2.24, 2.45) is 11.8 Å². The first-order valence-corrected chi connectivity index (χ1v) is 42.5. The van der Waals surface area contributed by atoms with Crippen molar-refractivity contribution in [2.75, 3.05) is 39.6 Å². The third-order valence-electron chi connectivity index (χ3n) is 18.1. The van der Waals surface area contributed by atoms with Gasteiger partial charge in [-0.05, 0) is 37.5 Å². The molecule has 0 saturated carbocycles. The van der Waals surface area contributed by atoms with Gasteiger partial charge in [0.15, 0.2) is 12.2 Å². The molecule has 0 saturated heterocycles. The second kappa shape index (κ2) is 67.9. The molecule has 0 rings (SSSR count). The Kier molecular flexibility index (Phi) is 66.5. The third-order valence-corrected chi connectivity index (χ3v) is 20.0. The Balaban J connectivity index is 5.13. The van der Waals surface area contributed by atoms with Crippen LogP contribution in [0.2, 0.25) is 0 Å². The zero-order chi connectivity index (χ0) is 70.0. The summed E-state index contributed by atoms with van der Waals surface area (Å²) in [5.74, 6) is -0.553. The van der Waals surface area contributed by atoms with Gasteiger partial charge in [-0.15, -0.1) is 0 Å². The molecular formula is C76H148O17P2. The van der Waals surface area contributed by atoms with Crippen molar-refractivity contribution in [2.45, 2.75) is 413 Å². The Hall–Kier alpha value is -1.94. The first-order valence-electron chi connectivity index (χ1n) is 39.5. The van der Waals surface area contributed by atoms with E-state index in [9.17, 15) is 43.2 Å². The van der Waals surface area contributed by atoms with Gasteiger partial charge in [0.05, 0.1) is 26.4 Å². The van der Waals surface area contributed by atoms with E-state index in [2.05, 4.69) is 41.5 Å². The first-order chi connectivity index (χ1) is 45.9. The number of hydrogen-bond donors (Lipinski definition) is 3. The van der Waals surface area contributed by atoms with Crippen LogP contribution in [0.1, 0.15) is 395 Å². The molecule has 0 aliphatic carbocycles. The minimum atomic E-state index is -4.96. The molecular weight excluding hydrogens is 1250 g/mol. The fourth-order valence-corrected chi connectivity index (χ4v) is 13.2. The highest BCUT2D eigenvalue weighted by molar-refractivity contribution is 7.47. The van der Waals surface area contributed by atoms with Crippen molar-refractivity contribution < 1.29 is 80.2 Å². The number of phosphoric ester groups is 2. The van der Waals surface area contributed by atoms with Gasteiger partial charge in [-0.1, -0.05) is 343 Å². The molecule has 0 fully saturated rings. The fraction of sp³-hybridized carbons (Fsp3) is 0.947. The number of esters is 4. The summed E-state index contributed by atoms with van der Waals surface area (Å²) in [6.45, 7) is 9.53. The predicted molar refractivity (Wildman–Crippen MR) is 386 cm³/mol. The molecule has 17 nitrogen and oxygen atoms in total. The van der Waals surface area contributed by atoms with Gasteiger partial charge < -0.3 is 33.8 Å². The van der Waals surface area contributed by atoms with Crippen LogP contribution in [-0.2, 0) is 65.4 Å². The average molecular weight is 1400 g/mol. The summed E-state index contributed by atoms with van der Waals surface area (Å²) >= 11 is 0. The van der Waals surface area contributed by atoms with E-state index in [1.54, 1.807) is 0 Å². The molecule has 0 aliphatic rings. The lowest BCUT2D eigenvalue weighted by Gasteiger charge is -2.21. The standard InChI is InChI=1S/C76H148O17P2/c1-7-10-12-14-15-16-17-18-19-20-21-22-23-26-30-33-36-42-48-54-60-75(80)93-72(65-87-74(79)59-53-47-41-35-32-29-27-24-25-28-31-34-39-45-50-56-68(4)5)67-91-95(84,85)89-63-70(77)62-88-94(82,83)90-66-71(64-86-73(78)58-52-44-13-11-8-2)92-76(81)61-55-49-43-38-37-40-46-51-57-69(6)9-3/h68-72,77H,7-67H2,1-6H3,(H,82,83)(H,84,85)/t69?,70-,71+,72+/m0/s1. The SMILES string of the molecule is CCCCCCCCCCCCCCCCCCCCCCC(=O)O[C@H](COC(=O)CCCCCCCCCCCCCCCCCC(C)C)COP(=O)(O)OC[C@@H](O)COP(=O)(O)OC[C@@H](COC(=O)CCCCCCC)OC(=O)CCCCCCCCCCC(C)CC. The van der Waals surface area contributed by atoms with Crippen LogP contribution in [0, 0.1) is 11.8 Å². The molecule has 0 amide bonds. The molecule has 0 aromatic carbocycles. The van der Waals surface area contributed by atoms with Crippen molar-refractivity contribution in [3.05, 3.63) is 0 Å². The van der Waals surface area contributed by atoms with Crippen molar-refractivity contribution in [1.82, 2.24) is 0 Å². The Morgan fingerprint density at radius 3 is 0.800 bits per heavy atom. The van der Waals surface area contributed by atoms with Gasteiger partial charge in [-0.2, -0.15) is 0 Å². The van der Waals surface area contributed by atoms with Gasteiger partial charge >= 0.3 is 39.5 Å². The molecule has 6 atom stereocenters. The van der Waals surface area contributed by atoms with Gasteiger partial charge in [0.25, 0.3) is 0 Å². The Bertz CT molecular complexity index is 1840. The molecule has 0 aromatic rings. The smallest absolute Gasteiger partial charge is 0.462 e. The topological polar surface area (TPSA) is 237 Å². The molecule has 0 heterocycles. The number of aliphatic hydroxyl groups is 1. The van der Waals surface area contributed by atoms with Crippen molar-refractivity contribution >= 4 is 39.5 Å². The van der Waals surface area contributed by atoms with E-state index in [4.69, 9.17) is 37.0 Å². The van der Waals surface area contributed by atoms with Gasteiger partial charge in [-0.3, -0.25) is 37.3 Å². The van der Waals surface area contributed by atoms with Crippen LogP contribution >= 0.6 is 15.6 Å². The van der Waals surface area contributed by atoms with E-state index in [0.29, 0.717) is 25.7 Å². The highest BCUT2D eigenvalue weighted by atomic mass is 31.2. The monoisotopic (exact) mass is 1400 g/mol. The van der Waals surface area contributed by atoms with E-state index in [1.807, 2.05) is 0 Å². The average Bonchev–Trinajstić information content (AvgIpc) is 2.04. The molecule has 0 bridgehead atoms. The summed E-state index contributed by atoms with van der Waals surface area (Å²) in [5.41, 5.74) is 0. The Morgan fingerprint density at radius 2 is 0.537 bits per heavy atom. The quantitative estimate of drug-likeness (QED) is 0.0222. The number of aliphatic hydroxyl groups excluding tert-OH is 1. The lowest BCUT2D eigenvalue weighted by molar-refractivity contribution is -0.161. The Morgan fingerprint density at radius 1 is 0.305 bits per heavy atom. The van der Waals surface area contributed by atoms with Crippen LogP contribution in [-0.4, -0.2) is 96.7 Å². The maximum Gasteiger partial charge on any atom is 0.472 e. The third kappa shape index (κ3) is 69.0. The summed E-state index contributed by atoms with van der Waals surface area (Å²) in [6.07, 6.45) is 56.0. The minimum absolute atomic E-state index is 0.104. The summed E-state index contributed by atoms with van der Waals surface area (Å²) in [7, 11) is -9.90. The molecule has 0 aliphatic heterocycles. The number of ether oxygens (including phenoxy) is 4. The van der Waals surface area contributed by atoms with Gasteiger partial charge in [0.2, 0.25) is 0 Å². The molecule has 3 unspecified atom stereocenters. The van der Waals surface area contributed by atoms with Crippen LogP contribution in [0.4, 0.5) is 0 Å². The van der Waals surface area contributed by atoms with E-state index >= 15 is 0 Å². The van der Waals surface area contributed by atoms with Gasteiger partial charge in [0, 0.05) is 25.7 Å². The van der Waals surface area contributed by atoms with Gasteiger partial charge in [-0.25, -0.2) is 9.13 Å². The van der Waals surface area contributed by atoms with E-state index in [-0.39, 0.29) is 25.7 Å². The zero-order valence-corrected chi connectivity index (χ0v) is 63.8. The first kappa shape index (κ1) is 93.1. The van der Waals surface area contributed by atoms with Gasteiger partial charge in [0.1, 0.15) is 19.3 Å². The highest BCUT2D eigenvalue weighted by Gasteiger charge is 2.30. The maximum absolute atomic E-state index is 13.1. The molecule has 95 heavy (non-hydrogen) atoms. The molecule has 0 radical (unpaired) electrons. The zero-order valence-electron chi connectivity index (χ0n) is 62.0. The molecule has 3 N–H and O–H groups in total. The number of hydrogen-bond acceptors (Lipinski definition) is 15. The van der Waals surface area contributed by atoms with Crippen LogP contribution in [0.5, 0.6) is 0 Å². The lowest BCUT2D eigenvalue weighted by Crippen LogP contribution is -2.30. The maximum atomic E-state index is 13.1. The predicted octanol–water partition coefficient (Wildman–Crippen LogP) is 22.3. The van der Waals surface area contributed by atoms with Crippen LogP contribution in [0.25, 0.3) is 0 Å². The number of phosphoric acid groups is 2. The van der Waals surface area contributed by atoms with Crippen molar-refractivity contribution in [1.29, 1.82) is 0 Å². The molecule has 19 heteroatoms. The number of carbonyl (C=O) groups excluding carboxylic acids is 4. The lowest BCUT2D eigenvalue weighted by atomic mass is 9.99. The highest BCUT2D eigenvalue weighted by Crippen LogP contribution is 2.45. The summed E-state index contributed by atoms with van der Waals surface area (Å²) in [5, 5.41) is 10.6. The molecule has 564 valence electrons. The summed E-state index contributed by atoms with van der Waals surface area (Å²) in [6, 6.07) is 0. The van der Waals surface area contributed by atoms with Crippen molar-refractivity contribution in [3.63, 3.8) is 0 Å². The largest absolute Gasteiger partial charge is 0.472 e. The van der Waals surface area contributed by atoms with Crippen molar-refractivity contribution in [3.8, 4) is 0 Å². The van der Waals surface area contributed by atoms with E-state index in [0.717, 1.165) is 108 Å². The minimum Gasteiger partial charge on any atom is -0.462 e.